The summed E-state index contributed by atoms with van der Waals surface area (Å²) in [6.07, 6.45) is 27.3. The van der Waals surface area contributed by atoms with E-state index >= 15 is 0 Å². The fourth-order valence-electron chi connectivity index (χ4n) is 6.00. The zero-order chi connectivity index (χ0) is 38.3. The molecule has 0 fully saturated rings. The number of rotatable bonds is 39. The van der Waals surface area contributed by atoms with Gasteiger partial charge in [0.05, 0.1) is 45.2 Å². The van der Waals surface area contributed by atoms with Crippen LogP contribution in [0.3, 0.4) is 0 Å². The summed E-state index contributed by atoms with van der Waals surface area (Å²) in [6.45, 7) is 10.2. The summed E-state index contributed by atoms with van der Waals surface area (Å²) in [5, 5.41) is -0.669. The van der Waals surface area contributed by atoms with Gasteiger partial charge in [0.15, 0.2) is 0 Å². The van der Waals surface area contributed by atoms with Gasteiger partial charge in [-0.2, -0.15) is 0 Å². The molecule has 2 atom stereocenters. The molecular weight excluding hydrogens is 677 g/mol. The number of unbranched alkanes of at least 4 members (excludes halogenated alkanes) is 20. The molecule has 0 N–H and O–H groups in total. The highest BCUT2D eigenvalue weighted by Gasteiger charge is 2.27. The maximum atomic E-state index is 13.1. The highest BCUT2D eigenvalue weighted by atomic mass is 32.2. The zero-order valence-corrected chi connectivity index (χ0v) is 35.0. The van der Waals surface area contributed by atoms with Crippen molar-refractivity contribution in [1.82, 2.24) is 0 Å². The Morgan fingerprint density at radius 3 is 1.17 bits per heavy atom. The Labute approximate surface area is 323 Å². The summed E-state index contributed by atoms with van der Waals surface area (Å²) in [5.74, 6) is -1.56. The second-order valence-electron chi connectivity index (χ2n) is 14.5. The molecule has 0 radical (unpaired) electrons. The first-order chi connectivity index (χ1) is 25.4. The van der Waals surface area contributed by atoms with E-state index in [9.17, 15) is 19.2 Å². The highest BCUT2D eigenvalue weighted by Crippen LogP contribution is 2.23. The molecule has 0 heterocycles. The Morgan fingerprint density at radius 2 is 0.750 bits per heavy atom. The third-order valence-electron chi connectivity index (χ3n) is 9.38. The molecule has 0 aliphatic heterocycles. The van der Waals surface area contributed by atoms with Crippen LogP contribution >= 0.6 is 11.8 Å². The first-order valence-electron chi connectivity index (χ1n) is 21.6. The molecule has 0 amide bonds. The molecule has 0 aromatic rings. The van der Waals surface area contributed by atoms with Crippen molar-refractivity contribution < 1.29 is 38.1 Å². The molecule has 52 heavy (non-hydrogen) atoms. The molecule has 8 nitrogen and oxygen atoms in total. The molecular formula is C43H80O8S. The summed E-state index contributed by atoms with van der Waals surface area (Å²) < 4.78 is 22.2. The molecule has 306 valence electrons. The fraction of sp³-hybridized carbons (Fsp3) is 0.907. The second-order valence-corrected chi connectivity index (χ2v) is 15.8. The normalized spacial score (nSPS) is 12.3. The number of esters is 4. The van der Waals surface area contributed by atoms with Crippen molar-refractivity contribution in [2.45, 2.75) is 213 Å². The van der Waals surface area contributed by atoms with E-state index in [1.54, 1.807) is 0 Å². The van der Waals surface area contributed by atoms with Crippen molar-refractivity contribution in [2.24, 2.45) is 5.92 Å². The zero-order valence-electron chi connectivity index (χ0n) is 34.2. The number of ether oxygens (including phenoxy) is 4. The van der Waals surface area contributed by atoms with E-state index in [1.165, 1.54) is 88.8 Å². The summed E-state index contributed by atoms with van der Waals surface area (Å²) in [4.78, 5) is 51.7. The van der Waals surface area contributed by atoms with Gasteiger partial charge in [0, 0.05) is 0 Å². The van der Waals surface area contributed by atoms with Crippen molar-refractivity contribution >= 4 is 35.6 Å². The van der Waals surface area contributed by atoms with Crippen molar-refractivity contribution in [1.29, 1.82) is 0 Å². The summed E-state index contributed by atoms with van der Waals surface area (Å²) >= 11 is 1.37. The lowest BCUT2D eigenvalue weighted by atomic mass is 10.00. The summed E-state index contributed by atoms with van der Waals surface area (Å²) in [5.41, 5.74) is 0. The monoisotopic (exact) mass is 757 g/mol. The number of hydrogen-bond acceptors (Lipinski definition) is 9. The average Bonchev–Trinajstić information content (AvgIpc) is 3.13. The van der Waals surface area contributed by atoms with Gasteiger partial charge in [-0.1, -0.05) is 156 Å². The fourth-order valence-corrected chi connectivity index (χ4v) is 7.07. The molecule has 0 bridgehead atoms. The predicted molar refractivity (Wildman–Crippen MR) is 216 cm³/mol. The number of carbonyl (C=O) groups excluding carboxylic acids is 4. The highest BCUT2D eigenvalue weighted by molar-refractivity contribution is 8.00. The Bertz CT molecular complexity index is 783. The van der Waals surface area contributed by atoms with Gasteiger partial charge in [-0.3, -0.25) is 19.2 Å². The third-order valence-corrected chi connectivity index (χ3v) is 10.7. The van der Waals surface area contributed by atoms with Crippen LogP contribution in [0, 0.1) is 5.92 Å². The minimum atomic E-state index is -0.669. The SMILES string of the molecule is CCCCCCCCOC(=O)CC(CCCSC(CC(=O)OCCCCCCCC)C(=O)OCCCCCCCC)C(=O)OCCCCCCCC. The standard InChI is InChI=1S/C43H80O8S/c1-5-9-13-17-21-25-31-48-40(44)36-38(42(46)50-33-27-23-19-15-11-7-3)30-29-35-52-39(43(47)51-34-28-24-20-16-12-8-4)37-41(45)49-32-26-22-18-14-10-6-2/h38-39H,5-37H2,1-4H3. The van der Waals surface area contributed by atoms with E-state index in [1.807, 2.05) is 0 Å². The van der Waals surface area contributed by atoms with Crippen LogP contribution in [0.5, 0.6) is 0 Å². The van der Waals surface area contributed by atoms with Crippen molar-refractivity contribution in [3.63, 3.8) is 0 Å². The van der Waals surface area contributed by atoms with Gasteiger partial charge in [-0.15, -0.1) is 11.8 Å². The molecule has 0 saturated heterocycles. The van der Waals surface area contributed by atoms with E-state index < -0.39 is 11.2 Å². The molecule has 0 aromatic carbocycles. The Kier molecular flexibility index (Phi) is 37.6. The predicted octanol–water partition coefficient (Wildman–Crippen LogP) is 11.9. The molecule has 0 saturated carbocycles. The minimum absolute atomic E-state index is 0.00959. The maximum absolute atomic E-state index is 13.1. The van der Waals surface area contributed by atoms with E-state index in [0.29, 0.717) is 45.0 Å². The summed E-state index contributed by atoms with van der Waals surface area (Å²) in [7, 11) is 0. The lowest BCUT2D eigenvalue weighted by Crippen LogP contribution is -2.26. The van der Waals surface area contributed by atoms with Gasteiger partial charge < -0.3 is 18.9 Å². The van der Waals surface area contributed by atoms with E-state index in [2.05, 4.69) is 27.7 Å². The van der Waals surface area contributed by atoms with Crippen molar-refractivity contribution in [3.8, 4) is 0 Å². The van der Waals surface area contributed by atoms with Crippen LogP contribution in [-0.4, -0.2) is 61.3 Å². The second kappa shape index (κ2) is 38.9. The average molecular weight is 757 g/mol. The minimum Gasteiger partial charge on any atom is -0.466 e. The van der Waals surface area contributed by atoms with Crippen LogP contribution in [0.15, 0.2) is 0 Å². The Balaban J connectivity index is 5.07. The van der Waals surface area contributed by atoms with Crippen molar-refractivity contribution in [2.75, 3.05) is 32.2 Å². The number of carbonyl (C=O) groups is 4. The molecule has 0 aliphatic carbocycles. The lowest BCUT2D eigenvalue weighted by Gasteiger charge is -2.18. The van der Waals surface area contributed by atoms with Gasteiger partial charge in [0.25, 0.3) is 0 Å². The van der Waals surface area contributed by atoms with Gasteiger partial charge in [-0.25, -0.2) is 0 Å². The van der Waals surface area contributed by atoms with E-state index in [-0.39, 0.29) is 36.7 Å². The van der Waals surface area contributed by atoms with Crippen LogP contribution in [0.2, 0.25) is 0 Å². The largest absolute Gasteiger partial charge is 0.466 e. The van der Waals surface area contributed by atoms with Crippen LogP contribution in [0.25, 0.3) is 0 Å². The molecule has 2 unspecified atom stereocenters. The van der Waals surface area contributed by atoms with Gasteiger partial charge in [-0.05, 0) is 44.3 Å². The first-order valence-corrected chi connectivity index (χ1v) is 22.7. The lowest BCUT2D eigenvalue weighted by molar-refractivity contribution is -0.155. The van der Waals surface area contributed by atoms with Crippen LogP contribution in [0.1, 0.15) is 207 Å². The molecule has 0 spiro atoms. The van der Waals surface area contributed by atoms with Gasteiger partial charge in [0.1, 0.15) is 5.25 Å². The van der Waals surface area contributed by atoms with Gasteiger partial charge in [0.2, 0.25) is 0 Å². The number of thioether (sulfide) groups is 1. The van der Waals surface area contributed by atoms with Crippen LogP contribution in [-0.2, 0) is 38.1 Å². The Hall–Kier alpha value is -1.77. The molecule has 9 heteroatoms. The topological polar surface area (TPSA) is 105 Å². The first kappa shape index (κ1) is 50.2. The number of hydrogen-bond donors (Lipinski definition) is 0. The maximum Gasteiger partial charge on any atom is 0.319 e. The van der Waals surface area contributed by atoms with Crippen LogP contribution in [0.4, 0.5) is 0 Å². The van der Waals surface area contributed by atoms with Crippen molar-refractivity contribution in [3.05, 3.63) is 0 Å². The molecule has 0 aliphatic rings. The summed E-state index contributed by atoms with van der Waals surface area (Å²) in [6, 6.07) is 0. The smallest absolute Gasteiger partial charge is 0.319 e. The van der Waals surface area contributed by atoms with E-state index in [0.717, 1.165) is 77.0 Å². The quantitative estimate of drug-likeness (QED) is 0.0344. The molecule has 0 rings (SSSR count). The van der Waals surface area contributed by atoms with Gasteiger partial charge >= 0.3 is 23.9 Å². The van der Waals surface area contributed by atoms with Crippen LogP contribution < -0.4 is 0 Å². The third kappa shape index (κ3) is 32.8. The molecule has 0 aromatic heterocycles. The Morgan fingerprint density at radius 1 is 0.404 bits per heavy atom. The van der Waals surface area contributed by atoms with E-state index in [4.69, 9.17) is 18.9 Å².